The summed E-state index contributed by atoms with van der Waals surface area (Å²) in [7, 11) is 0. The molecule has 0 aromatic heterocycles. The molecule has 0 aliphatic heterocycles. The van der Waals surface area contributed by atoms with Crippen LogP contribution in [0.3, 0.4) is 0 Å². The van der Waals surface area contributed by atoms with Gasteiger partial charge in [0.15, 0.2) is 6.29 Å². The maximum Gasteiger partial charge on any atom is 0.180 e. The first-order valence-corrected chi connectivity index (χ1v) is 5.59. The highest BCUT2D eigenvalue weighted by molar-refractivity contribution is 4.57. The van der Waals surface area contributed by atoms with Crippen LogP contribution in [-0.2, 0) is 4.74 Å². The molecule has 0 amide bonds. The van der Waals surface area contributed by atoms with Gasteiger partial charge in [-0.25, -0.2) is 0 Å². The van der Waals surface area contributed by atoms with Gasteiger partial charge in [-0.1, -0.05) is 33.1 Å². The summed E-state index contributed by atoms with van der Waals surface area (Å²) in [5.41, 5.74) is 0. The number of rotatable bonds is 8. The Hall–Kier alpha value is -0.120. The van der Waals surface area contributed by atoms with E-state index >= 15 is 0 Å². The van der Waals surface area contributed by atoms with Gasteiger partial charge >= 0.3 is 0 Å². The Morgan fingerprint density at radius 1 is 1.14 bits per heavy atom. The first-order valence-electron chi connectivity index (χ1n) is 5.59. The highest BCUT2D eigenvalue weighted by Crippen LogP contribution is 2.15. The molecule has 0 saturated carbocycles. The molecule has 0 spiro atoms. The van der Waals surface area contributed by atoms with E-state index in [9.17, 15) is 0 Å². The largest absolute Gasteiger partial charge is 0.388 e. The zero-order valence-corrected chi connectivity index (χ0v) is 9.57. The molecule has 0 rings (SSSR count). The molecule has 2 N–H and O–H groups in total. The van der Waals surface area contributed by atoms with E-state index in [2.05, 4.69) is 13.8 Å². The zero-order valence-electron chi connectivity index (χ0n) is 9.57. The van der Waals surface area contributed by atoms with Crippen LogP contribution in [0.5, 0.6) is 0 Å². The summed E-state index contributed by atoms with van der Waals surface area (Å²) in [6.07, 6.45) is 2.69. The minimum absolute atomic E-state index is 0.532. The second-order valence-electron chi connectivity index (χ2n) is 3.85. The molecule has 3 unspecified atom stereocenters. The summed E-state index contributed by atoms with van der Waals surface area (Å²) in [6, 6.07) is 0. The standard InChI is InChI=1S/C11H24O3/c1-4-6-10(5-2)7-8-14-11(13)9(3)12/h9-13H,4-8H2,1-3H3. The summed E-state index contributed by atoms with van der Waals surface area (Å²) >= 11 is 0. The van der Waals surface area contributed by atoms with Crippen LogP contribution in [0.4, 0.5) is 0 Å². The molecule has 0 aromatic carbocycles. The van der Waals surface area contributed by atoms with E-state index in [-0.39, 0.29) is 0 Å². The summed E-state index contributed by atoms with van der Waals surface area (Å²) < 4.78 is 5.09. The van der Waals surface area contributed by atoms with E-state index in [1.807, 2.05) is 0 Å². The predicted octanol–water partition coefficient (Wildman–Crippen LogP) is 1.92. The maximum atomic E-state index is 9.17. The highest BCUT2D eigenvalue weighted by Gasteiger charge is 2.12. The molecule has 0 bridgehead atoms. The second kappa shape index (κ2) is 8.21. The third-order valence-corrected chi connectivity index (χ3v) is 2.50. The van der Waals surface area contributed by atoms with Gasteiger partial charge in [-0.2, -0.15) is 0 Å². The van der Waals surface area contributed by atoms with Gasteiger partial charge in [0.25, 0.3) is 0 Å². The minimum atomic E-state index is -1.03. The van der Waals surface area contributed by atoms with Crippen LogP contribution in [0.15, 0.2) is 0 Å². The first-order chi connectivity index (χ1) is 6.61. The fraction of sp³-hybridized carbons (Fsp3) is 1.00. The van der Waals surface area contributed by atoms with Gasteiger partial charge in [-0.3, -0.25) is 0 Å². The lowest BCUT2D eigenvalue weighted by Crippen LogP contribution is -2.26. The van der Waals surface area contributed by atoms with Crippen molar-refractivity contribution in [3.05, 3.63) is 0 Å². The SMILES string of the molecule is CCCC(CC)CCOC(O)C(C)O. The molecule has 3 heteroatoms. The molecule has 0 saturated heterocycles. The third kappa shape index (κ3) is 6.35. The molecule has 0 fully saturated rings. The summed E-state index contributed by atoms with van der Waals surface area (Å²) in [6.45, 7) is 6.40. The Labute approximate surface area is 87.1 Å². The fourth-order valence-electron chi connectivity index (χ4n) is 1.46. The average molecular weight is 204 g/mol. The molecule has 0 radical (unpaired) electrons. The molecule has 0 heterocycles. The van der Waals surface area contributed by atoms with Crippen molar-refractivity contribution in [1.82, 2.24) is 0 Å². The predicted molar refractivity (Wildman–Crippen MR) is 56.9 cm³/mol. The molecule has 0 aliphatic rings. The van der Waals surface area contributed by atoms with Crippen LogP contribution in [-0.4, -0.2) is 29.2 Å². The van der Waals surface area contributed by atoms with Crippen LogP contribution < -0.4 is 0 Å². The average Bonchev–Trinajstić information content (AvgIpc) is 2.16. The Kier molecular flexibility index (Phi) is 8.14. The number of hydrogen-bond donors (Lipinski definition) is 2. The van der Waals surface area contributed by atoms with Crippen LogP contribution in [0, 0.1) is 5.92 Å². The van der Waals surface area contributed by atoms with Crippen LogP contribution in [0.2, 0.25) is 0 Å². The molecule has 86 valence electrons. The molecular weight excluding hydrogens is 180 g/mol. The molecule has 0 aliphatic carbocycles. The van der Waals surface area contributed by atoms with Crippen molar-refractivity contribution in [2.75, 3.05) is 6.61 Å². The smallest absolute Gasteiger partial charge is 0.180 e. The van der Waals surface area contributed by atoms with E-state index in [4.69, 9.17) is 14.9 Å². The second-order valence-corrected chi connectivity index (χ2v) is 3.85. The summed E-state index contributed by atoms with van der Waals surface area (Å²) in [5, 5.41) is 18.1. The van der Waals surface area contributed by atoms with Crippen LogP contribution in [0.25, 0.3) is 0 Å². The number of aliphatic hydroxyl groups excluding tert-OH is 2. The van der Waals surface area contributed by atoms with Gasteiger partial charge in [-0.15, -0.1) is 0 Å². The molecule has 14 heavy (non-hydrogen) atoms. The highest BCUT2D eigenvalue weighted by atomic mass is 16.6. The van der Waals surface area contributed by atoms with Crippen LogP contribution >= 0.6 is 0 Å². The summed E-state index contributed by atoms with van der Waals surface area (Å²) in [5.74, 6) is 0.682. The maximum absolute atomic E-state index is 9.17. The minimum Gasteiger partial charge on any atom is -0.388 e. The molecule has 3 atom stereocenters. The van der Waals surface area contributed by atoms with Crippen molar-refractivity contribution in [2.24, 2.45) is 5.92 Å². The molecule has 3 nitrogen and oxygen atoms in total. The van der Waals surface area contributed by atoms with Crippen LogP contribution in [0.1, 0.15) is 46.5 Å². The molecule has 0 aromatic rings. The Morgan fingerprint density at radius 2 is 1.79 bits per heavy atom. The lowest BCUT2D eigenvalue weighted by molar-refractivity contribution is -0.157. The first kappa shape index (κ1) is 13.9. The van der Waals surface area contributed by atoms with Gasteiger partial charge in [0.2, 0.25) is 0 Å². The Bertz CT molecular complexity index is 126. The monoisotopic (exact) mass is 204 g/mol. The quantitative estimate of drug-likeness (QED) is 0.594. The van der Waals surface area contributed by atoms with E-state index in [1.165, 1.54) is 19.8 Å². The van der Waals surface area contributed by atoms with E-state index < -0.39 is 12.4 Å². The van der Waals surface area contributed by atoms with Crippen molar-refractivity contribution in [3.63, 3.8) is 0 Å². The number of hydrogen-bond acceptors (Lipinski definition) is 3. The van der Waals surface area contributed by atoms with Crippen molar-refractivity contribution >= 4 is 0 Å². The number of aliphatic hydroxyl groups is 2. The van der Waals surface area contributed by atoms with E-state index in [1.54, 1.807) is 0 Å². The van der Waals surface area contributed by atoms with Gasteiger partial charge < -0.3 is 14.9 Å². The lowest BCUT2D eigenvalue weighted by Gasteiger charge is -2.17. The van der Waals surface area contributed by atoms with Gasteiger partial charge in [-0.05, 0) is 19.3 Å². The van der Waals surface area contributed by atoms with Gasteiger partial charge in [0.1, 0.15) is 6.10 Å². The third-order valence-electron chi connectivity index (χ3n) is 2.50. The van der Waals surface area contributed by atoms with Crippen molar-refractivity contribution < 1.29 is 14.9 Å². The van der Waals surface area contributed by atoms with Gasteiger partial charge in [0, 0.05) is 0 Å². The van der Waals surface area contributed by atoms with E-state index in [0.717, 1.165) is 12.8 Å². The Morgan fingerprint density at radius 3 is 2.21 bits per heavy atom. The Balaban J connectivity index is 3.50. The van der Waals surface area contributed by atoms with E-state index in [0.29, 0.717) is 12.5 Å². The lowest BCUT2D eigenvalue weighted by atomic mass is 9.98. The fourth-order valence-corrected chi connectivity index (χ4v) is 1.46. The van der Waals surface area contributed by atoms with Crippen molar-refractivity contribution in [1.29, 1.82) is 0 Å². The van der Waals surface area contributed by atoms with Crippen molar-refractivity contribution in [2.45, 2.75) is 58.8 Å². The zero-order chi connectivity index (χ0) is 11.0. The van der Waals surface area contributed by atoms with Crippen molar-refractivity contribution in [3.8, 4) is 0 Å². The number of ether oxygens (including phenoxy) is 1. The molecular formula is C11H24O3. The van der Waals surface area contributed by atoms with Gasteiger partial charge in [0.05, 0.1) is 6.61 Å². The normalized spacial score (nSPS) is 17.8. The topological polar surface area (TPSA) is 49.7 Å². The summed E-state index contributed by atoms with van der Waals surface area (Å²) in [4.78, 5) is 0.